The summed E-state index contributed by atoms with van der Waals surface area (Å²) in [6.07, 6.45) is 4.77. The Balaban J connectivity index is 1.67. The molecular weight excluding hydrogens is 292 g/mol. The monoisotopic (exact) mass is 320 g/mol. The quantitative estimate of drug-likeness (QED) is 0.709. The normalized spacial score (nSPS) is 15.3. The van der Waals surface area contributed by atoms with Crippen LogP contribution in [0.5, 0.6) is 5.75 Å². The minimum atomic E-state index is -0.0870. The molecule has 1 fully saturated rings. The predicted molar refractivity (Wildman–Crippen MR) is 90.6 cm³/mol. The summed E-state index contributed by atoms with van der Waals surface area (Å²) in [5.74, 6) is 0.818. The average molecular weight is 320 g/mol. The van der Waals surface area contributed by atoms with Crippen LogP contribution in [0.3, 0.4) is 0 Å². The van der Waals surface area contributed by atoms with E-state index in [9.17, 15) is 4.79 Å². The fraction of sp³-hybridized carbons (Fsp3) is 0.611. The van der Waals surface area contributed by atoms with Gasteiger partial charge in [0, 0.05) is 20.2 Å². The zero-order valence-electron chi connectivity index (χ0n) is 14.1. The lowest BCUT2D eigenvalue weighted by atomic mass is 10.1. The summed E-state index contributed by atoms with van der Waals surface area (Å²) in [6.45, 7) is 4.72. The highest BCUT2D eigenvalue weighted by Crippen LogP contribution is 2.17. The van der Waals surface area contributed by atoms with Crippen molar-refractivity contribution >= 4 is 5.91 Å². The van der Waals surface area contributed by atoms with Crippen molar-refractivity contribution in [3.8, 4) is 5.75 Å². The van der Waals surface area contributed by atoms with Crippen LogP contribution >= 0.6 is 0 Å². The van der Waals surface area contributed by atoms with Crippen molar-refractivity contribution in [1.29, 1.82) is 0 Å². The molecule has 1 aromatic carbocycles. The molecule has 1 N–H and O–H groups in total. The van der Waals surface area contributed by atoms with Gasteiger partial charge in [0.1, 0.15) is 12.4 Å². The lowest BCUT2D eigenvalue weighted by Crippen LogP contribution is -2.29. The Morgan fingerprint density at radius 2 is 2.09 bits per heavy atom. The standard InChI is InChI=1S/C18H28N2O3/c1-22-15-18(21)19-9-6-12-23-17-8-5-7-16(13-17)14-20-10-3-2-4-11-20/h5,7-8,13H,2-4,6,9-12,14-15H2,1H3,(H,19,21). The van der Waals surface area contributed by atoms with Crippen LogP contribution in [0.25, 0.3) is 0 Å². The number of piperidine rings is 1. The third kappa shape index (κ3) is 7.01. The van der Waals surface area contributed by atoms with E-state index in [0.717, 1.165) is 18.7 Å². The van der Waals surface area contributed by atoms with E-state index in [1.54, 1.807) is 0 Å². The lowest BCUT2D eigenvalue weighted by molar-refractivity contribution is -0.124. The van der Waals surface area contributed by atoms with Gasteiger partial charge in [0.15, 0.2) is 0 Å². The molecule has 1 aliphatic rings. The molecule has 1 amide bonds. The molecule has 1 heterocycles. The maximum Gasteiger partial charge on any atom is 0.245 e. The molecule has 5 heteroatoms. The number of methoxy groups -OCH3 is 1. The number of ether oxygens (including phenoxy) is 2. The number of amides is 1. The van der Waals surface area contributed by atoms with E-state index in [2.05, 4.69) is 28.4 Å². The predicted octanol–water partition coefficient (Wildman–Crippen LogP) is 2.20. The minimum Gasteiger partial charge on any atom is -0.494 e. The second-order valence-electron chi connectivity index (χ2n) is 5.97. The van der Waals surface area contributed by atoms with Gasteiger partial charge in [-0.1, -0.05) is 18.6 Å². The van der Waals surface area contributed by atoms with Crippen molar-refractivity contribution in [3.05, 3.63) is 29.8 Å². The van der Waals surface area contributed by atoms with Crippen LogP contribution in [0.4, 0.5) is 0 Å². The van der Waals surface area contributed by atoms with Gasteiger partial charge in [-0.2, -0.15) is 0 Å². The number of benzene rings is 1. The van der Waals surface area contributed by atoms with Gasteiger partial charge in [0.05, 0.1) is 6.61 Å². The third-order valence-electron chi connectivity index (χ3n) is 3.94. The van der Waals surface area contributed by atoms with Crippen molar-refractivity contribution in [1.82, 2.24) is 10.2 Å². The van der Waals surface area contributed by atoms with Gasteiger partial charge < -0.3 is 14.8 Å². The third-order valence-corrected chi connectivity index (χ3v) is 3.94. The number of carbonyl (C=O) groups is 1. The number of hydrogen-bond acceptors (Lipinski definition) is 4. The molecular formula is C18H28N2O3. The molecule has 0 aromatic heterocycles. The van der Waals surface area contributed by atoms with Crippen molar-refractivity contribution in [2.45, 2.75) is 32.2 Å². The number of likely N-dealkylation sites (tertiary alicyclic amines) is 1. The summed E-state index contributed by atoms with van der Waals surface area (Å²) in [5, 5.41) is 2.78. The van der Waals surface area contributed by atoms with Gasteiger partial charge in [-0.05, 0) is 50.0 Å². The fourth-order valence-corrected chi connectivity index (χ4v) is 2.78. The van der Waals surface area contributed by atoms with Crippen LogP contribution < -0.4 is 10.1 Å². The molecule has 0 aliphatic carbocycles. The van der Waals surface area contributed by atoms with Gasteiger partial charge in [-0.3, -0.25) is 9.69 Å². The Hall–Kier alpha value is -1.59. The van der Waals surface area contributed by atoms with E-state index in [1.165, 1.54) is 45.0 Å². The summed E-state index contributed by atoms with van der Waals surface area (Å²) in [7, 11) is 1.51. The van der Waals surface area contributed by atoms with Gasteiger partial charge >= 0.3 is 0 Å². The molecule has 128 valence electrons. The van der Waals surface area contributed by atoms with E-state index in [4.69, 9.17) is 9.47 Å². The molecule has 0 unspecified atom stereocenters. The number of nitrogens with one attached hydrogen (secondary N) is 1. The van der Waals surface area contributed by atoms with E-state index < -0.39 is 0 Å². The first-order chi connectivity index (χ1) is 11.3. The lowest BCUT2D eigenvalue weighted by Gasteiger charge is -2.26. The van der Waals surface area contributed by atoms with Crippen molar-refractivity contribution in [2.75, 3.05) is 40.0 Å². The van der Waals surface area contributed by atoms with Gasteiger partial charge in [-0.15, -0.1) is 0 Å². The minimum absolute atomic E-state index is 0.0870. The molecule has 2 rings (SSSR count). The molecule has 0 atom stereocenters. The Morgan fingerprint density at radius 1 is 1.26 bits per heavy atom. The molecule has 1 saturated heterocycles. The summed E-state index contributed by atoms with van der Waals surface area (Å²) < 4.78 is 10.5. The molecule has 5 nitrogen and oxygen atoms in total. The summed E-state index contributed by atoms with van der Waals surface area (Å²) >= 11 is 0. The Kier molecular flexibility index (Phi) is 7.90. The van der Waals surface area contributed by atoms with Crippen molar-refractivity contribution < 1.29 is 14.3 Å². The number of rotatable bonds is 9. The number of hydrogen-bond donors (Lipinski definition) is 1. The first-order valence-corrected chi connectivity index (χ1v) is 8.47. The summed E-state index contributed by atoms with van der Waals surface area (Å²) in [4.78, 5) is 13.7. The Labute approximate surface area is 139 Å². The van der Waals surface area contributed by atoms with Gasteiger partial charge in [-0.25, -0.2) is 0 Å². The van der Waals surface area contributed by atoms with Crippen LogP contribution in [-0.4, -0.2) is 50.8 Å². The average Bonchev–Trinajstić information content (AvgIpc) is 2.56. The maximum absolute atomic E-state index is 11.2. The number of nitrogens with zero attached hydrogens (tertiary/aromatic N) is 1. The van der Waals surface area contributed by atoms with Gasteiger partial charge in [0.2, 0.25) is 5.91 Å². The summed E-state index contributed by atoms with van der Waals surface area (Å²) in [5.41, 5.74) is 1.30. The second-order valence-corrected chi connectivity index (χ2v) is 5.97. The molecule has 0 spiro atoms. The SMILES string of the molecule is COCC(=O)NCCCOc1cccc(CN2CCCCC2)c1. The first kappa shape index (κ1) is 17.8. The highest BCUT2D eigenvalue weighted by Gasteiger charge is 2.10. The van der Waals surface area contributed by atoms with Gasteiger partial charge in [0.25, 0.3) is 0 Å². The van der Waals surface area contributed by atoms with E-state index in [1.807, 2.05) is 6.07 Å². The van der Waals surface area contributed by atoms with Crippen molar-refractivity contribution in [2.24, 2.45) is 0 Å². The Bertz CT molecular complexity index is 473. The molecule has 23 heavy (non-hydrogen) atoms. The fourth-order valence-electron chi connectivity index (χ4n) is 2.78. The molecule has 0 bridgehead atoms. The first-order valence-electron chi connectivity index (χ1n) is 8.47. The number of carbonyl (C=O) groups excluding carboxylic acids is 1. The van der Waals surface area contributed by atoms with Crippen LogP contribution in [-0.2, 0) is 16.1 Å². The summed E-state index contributed by atoms with van der Waals surface area (Å²) in [6, 6.07) is 8.32. The molecule has 0 saturated carbocycles. The van der Waals surface area contributed by atoms with E-state index in [-0.39, 0.29) is 12.5 Å². The van der Waals surface area contributed by atoms with Crippen LogP contribution in [0.2, 0.25) is 0 Å². The van der Waals surface area contributed by atoms with Crippen LogP contribution in [0.15, 0.2) is 24.3 Å². The topological polar surface area (TPSA) is 50.8 Å². The van der Waals surface area contributed by atoms with E-state index >= 15 is 0 Å². The molecule has 0 radical (unpaired) electrons. The molecule has 1 aromatic rings. The van der Waals surface area contributed by atoms with Crippen LogP contribution in [0, 0.1) is 0 Å². The highest BCUT2D eigenvalue weighted by atomic mass is 16.5. The zero-order chi connectivity index (χ0) is 16.3. The second kappa shape index (κ2) is 10.2. The van der Waals surface area contributed by atoms with Crippen molar-refractivity contribution in [3.63, 3.8) is 0 Å². The highest BCUT2D eigenvalue weighted by molar-refractivity contribution is 5.77. The largest absolute Gasteiger partial charge is 0.494 e. The van der Waals surface area contributed by atoms with E-state index in [0.29, 0.717) is 13.2 Å². The van der Waals surface area contributed by atoms with Crippen LogP contribution in [0.1, 0.15) is 31.2 Å². The smallest absolute Gasteiger partial charge is 0.245 e. The Morgan fingerprint density at radius 3 is 2.87 bits per heavy atom. The molecule has 1 aliphatic heterocycles. The zero-order valence-corrected chi connectivity index (χ0v) is 14.1. The maximum atomic E-state index is 11.2.